The minimum Gasteiger partial charge on any atom is -0.385 e. The highest BCUT2D eigenvalue weighted by atomic mass is 32.1. The highest BCUT2D eigenvalue weighted by Crippen LogP contribution is 2.28. The second-order valence-corrected chi connectivity index (χ2v) is 6.42. The fraction of sp³-hybridized carbons (Fsp3) is 0.500. The number of nitrogens with zero attached hydrogens (tertiary/aromatic N) is 1. The topological polar surface area (TPSA) is 34.1 Å². The van der Waals surface area contributed by atoms with Crippen molar-refractivity contribution in [2.45, 2.75) is 20.3 Å². The minimum atomic E-state index is -0.246. The molecule has 0 unspecified atom stereocenters. The summed E-state index contributed by atoms with van der Waals surface area (Å²) >= 11 is 1.55. The van der Waals surface area contributed by atoms with Crippen molar-refractivity contribution < 1.29 is 9.13 Å². The van der Waals surface area contributed by atoms with Crippen molar-refractivity contribution in [3.8, 4) is 0 Å². The Balaban J connectivity index is 2.01. The monoisotopic (exact) mass is 282 g/mol. The molecular weight excluding hydrogens is 263 g/mol. The first-order valence-electron chi connectivity index (χ1n) is 6.29. The molecule has 1 heterocycles. The summed E-state index contributed by atoms with van der Waals surface area (Å²) in [5.74, 6) is -0.246. The van der Waals surface area contributed by atoms with Crippen LogP contribution < -0.4 is 5.32 Å². The number of rotatable bonds is 6. The Hall–Kier alpha value is -1.20. The van der Waals surface area contributed by atoms with Gasteiger partial charge in [0.1, 0.15) is 5.82 Å². The molecule has 0 aliphatic heterocycles. The molecule has 1 aromatic heterocycles. The number of benzene rings is 1. The number of hydrogen-bond acceptors (Lipinski definition) is 4. The second-order valence-electron chi connectivity index (χ2n) is 5.39. The summed E-state index contributed by atoms with van der Waals surface area (Å²) in [7, 11) is 1.71. The minimum absolute atomic E-state index is 0.138. The van der Waals surface area contributed by atoms with E-state index in [1.807, 2.05) is 0 Å². The number of methoxy groups -OCH3 is 1. The second kappa shape index (κ2) is 5.84. The van der Waals surface area contributed by atoms with E-state index in [0.717, 1.165) is 29.4 Å². The molecule has 0 bridgehead atoms. The van der Waals surface area contributed by atoms with Crippen molar-refractivity contribution in [1.29, 1.82) is 0 Å². The molecule has 0 aliphatic carbocycles. The van der Waals surface area contributed by atoms with Crippen LogP contribution in [0.3, 0.4) is 0 Å². The van der Waals surface area contributed by atoms with Gasteiger partial charge in [0.25, 0.3) is 0 Å². The summed E-state index contributed by atoms with van der Waals surface area (Å²) in [5.41, 5.74) is 0.848. The van der Waals surface area contributed by atoms with Crippen molar-refractivity contribution in [2.24, 2.45) is 5.41 Å². The van der Waals surface area contributed by atoms with Crippen LogP contribution >= 0.6 is 11.3 Å². The van der Waals surface area contributed by atoms with Gasteiger partial charge >= 0.3 is 0 Å². The standard InChI is InChI=1S/C14H19FN2OS/c1-14(2,6-7-18-3)9-16-13-17-11-8-10(15)4-5-12(11)19-13/h4-5,8H,6-7,9H2,1-3H3,(H,16,17). The van der Waals surface area contributed by atoms with Gasteiger partial charge in [-0.2, -0.15) is 0 Å². The van der Waals surface area contributed by atoms with Crippen LogP contribution in [0.2, 0.25) is 0 Å². The van der Waals surface area contributed by atoms with Gasteiger partial charge in [-0.1, -0.05) is 25.2 Å². The summed E-state index contributed by atoms with van der Waals surface area (Å²) < 4.78 is 19.2. The summed E-state index contributed by atoms with van der Waals surface area (Å²) in [6.45, 7) is 5.94. The molecule has 5 heteroatoms. The van der Waals surface area contributed by atoms with E-state index in [4.69, 9.17) is 4.74 Å². The molecule has 1 N–H and O–H groups in total. The lowest BCUT2D eigenvalue weighted by atomic mass is 9.90. The van der Waals surface area contributed by atoms with E-state index in [0.29, 0.717) is 5.52 Å². The van der Waals surface area contributed by atoms with Crippen LogP contribution in [0, 0.1) is 11.2 Å². The number of thiazole rings is 1. The van der Waals surface area contributed by atoms with Crippen molar-refractivity contribution in [3.63, 3.8) is 0 Å². The van der Waals surface area contributed by atoms with Gasteiger partial charge in [-0.05, 0) is 24.0 Å². The average Bonchev–Trinajstić information content (AvgIpc) is 2.76. The van der Waals surface area contributed by atoms with Gasteiger partial charge in [-0.15, -0.1) is 0 Å². The molecule has 0 saturated heterocycles. The van der Waals surface area contributed by atoms with Crippen molar-refractivity contribution in [3.05, 3.63) is 24.0 Å². The highest BCUT2D eigenvalue weighted by Gasteiger charge is 2.18. The van der Waals surface area contributed by atoms with Crippen molar-refractivity contribution in [1.82, 2.24) is 4.98 Å². The van der Waals surface area contributed by atoms with E-state index in [2.05, 4.69) is 24.1 Å². The van der Waals surface area contributed by atoms with Gasteiger partial charge in [0.2, 0.25) is 0 Å². The Kier molecular flexibility index (Phi) is 4.37. The van der Waals surface area contributed by atoms with Gasteiger partial charge in [0.05, 0.1) is 10.2 Å². The molecule has 2 aromatic rings. The first-order chi connectivity index (χ1) is 9.00. The molecule has 0 radical (unpaired) electrons. The van der Waals surface area contributed by atoms with Gasteiger partial charge in [0, 0.05) is 26.3 Å². The maximum absolute atomic E-state index is 13.1. The van der Waals surface area contributed by atoms with Crippen LogP contribution in [-0.2, 0) is 4.74 Å². The van der Waals surface area contributed by atoms with E-state index < -0.39 is 0 Å². The fourth-order valence-corrected chi connectivity index (χ4v) is 2.60. The van der Waals surface area contributed by atoms with Gasteiger partial charge in [0.15, 0.2) is 5.13 Å². The Morgan fingerprint density at radius 3 is 2.95 bits per heavy atom. The third-order valence-electron chi connectivity index (χ3n) is 3.05. The highest BCUT2D eigenvalue weighted by molar-refractivity contribution is 7.22. The molecule has 104 valence electrons. The normalized spacial score (nSPS) is 12.0. The number of aromatic nitrogens is 1. The smallest absolute Gasteiger partial charge is 0.183 e. The van der Waals surface area contributed by atoms with E-state index in [1.54, 1.807) is 24.5 Å². The number of ether oxygens (including phenoxy) is 1. The zero-order valence-electron chi connectivity index (χ0n) is 11.5. The van der Waals surface area contributed by atoms with Gasteiger partial charge in [-0.3, -0.25) is 0 Å². The maximum atomic E-state index is 13.1. The van der Waals surface area contributed by atoms with Crippen molar-refractivity contribution >= 4 is 26.7 Å². The largest absolute Gasteiger partial charge is 0.385 e. The quantitative estimate of drug-likeness (QED) is 0.872. The fourth-order valence-electron chi connectivity index (χ4n) is 1.76. The SMILES string of the molecule is COCCC(C)(C)CNc1nc2cc(F)ccc2s1. The molecule has 3 nitrogen and oxygen atoms in total. The molecule has 19 heavy (non-hydrogen) atoms. The number of fused-ring (bicyclic) bond motifs is 1. The van der Waals surface area contributed by atoms with Crippen LogP contribution in [0.4, 0.5) is 9.52 Å². The molecule has 1 aromatic carbocycles. The van der Waals surface area contributed by atoms with E-state index in [1.165, 1.54) is 12.1 Å². The molecule has 0 atom stereocenters. The van der Waals surface area contributed by atoms with Gasteiger partial charge < -0.3 is 10.1 Å². The Labute approximate surface area is 116 Å². The third kappa shape index (κ3) is 3.88. The number of halogens is 1. The van der Waals surface area contributed by atoms with E-state index >= 15 is 0 Å². The molecule has 0 spiro atoms. The van der Waals surface area contributed by atoms with E-state index in [-0.39, 0.29) is 11.2 Å². The summed E-state index contributed by atoms with van der Waals surface area (Å²) in [6, 6.07) is 4.70. The third-order valence-corrected chi connectivity index (χ3v) is 4.04. The summed E-state index contributed by atoms with van der Waals surface area (Å²) in [6.07, 6.45) is 0.982. The number of hydrogen-bond donors (Lipinski definition) is 1. The van der Waals surface area contributed by atoms with Crippen molar-refractivity contribution in [2.75, 3.05) is 25.6 Å². The lowest BCUT2D eigenvalue weighted by molar-refractivity contribution is 0.157. The predicted molar refractivity (Wildman–Crippen MR) is 78.3 cm³/mol. The zero-order valence-corrected chi connectivity index (χ0v) is 12.3. The van der Waals surface area contributed by atoms with Crippen LogP contribution in [0.5, 0.6) is 0 Å². The molecule has 0 aliphatic rings. The van der Waals surface area contributed by atoms with Crippen LogP contribution in [0.15, 0.2) is 18.2 Å². The molecule has 2 rings (SSSR count). The average molecular weight is 282 g/mol. The van der Waals surface area contributed by atoms with Gasteiger partial charge in [-0.25, -0.2) is 9.37 Å². The molecule has 0 saturated carbocycles. The Morgan fingerprint density at radius 1 is 1.42 bits per heavy atom. The van der Waals surface area contributed by atoms with Crippen LogP contribution in [0.1, 0.15) is 20.3 Å². The maximum Gasteiger partial charge on any atom is 0.183 e. The van der Waals surface area contributed by atoms with Crippen LogP contribution in [0.25, 0.3) is 10.2 Å². The Morgan fingerprint density at radius 2 is 2.21 bits per heavy atom. The molecule has 0 amide bonds. The predicted octanol–water partition coefficient (Wildman–Crippen LogP) is 3.91. The number of anilines is 1. The lowest BCUT2D eigenvalue weighted by Gasteiger charge is -2.24. The van der Waals surface area contributed by atoms with Crippen LogP contribution in [-0.4, -0.2) is 25.2 Å². The summed E-state index contributed by atoms with van der Waals surface area (Å²) in [4.78, 5) is 4.39. The summed E-state index contributed by atoms with van der Waals surface area (Å²) in [5, 5.41) is 4.17. The first kappa shape index (κ1) is 14.2. The van der Waals surface area contributed by atoms with E-state index in [9.17, 15) is 4.39 Å². The first-order valence-corrected chi connectivity index (χ1v) is 7.11. The molecular formula is C14H19FN2OS. The number of nitrogens with one attached hydrogen (secondary N) is 1. The Bertz CT molecular complexity index is 553. The lowest BCUT2D eigenvalue weighted by Crippen LogP contribution is -2.24. The molecule has 0 fully saturated rings. The zero-order chi connectivity index (χ0) is 13.9.